The summed E-state index contributed by atoms with van der Waals surface area (Å²) in [5.74, 6) is 0. The van der Waals surface area contributed by atoms with Gasteiger partial charge in [-0.1, -0.05) is 6.58 Å². The van der Waals surface area contributed by atoms with E-state index in [0.717, 1.165) is 12.1 Å². The molecule has 0 bridgehead atoms. The lowest BCUT2D eigenvalue weighted by molar-refractivity contribution is 0.825. The molecule has 0 atom stereocenters. The molecule has 54 valence electrons. The molecule has 0 saturated heterocycles. The molecule has 0 amide bonds. The summed E-state index contributed by atoms with van der Waals surface area (Å²) >= 11 is 0. The molecule has 0 aliphatic heterocycles. The highest BCUT2D eigenvalue weighted by atomic mass is 15.3. The van der Waals surface area contributed by atoms with Crippen LogP contribution in [0, 0.1) is 0 Å². The number of nitrogens with two attached hydrogens (primary N) is 1. The molecular formula is C7H11N3. The highest BCUT2D eigenvalue weighted by Crippen LogP contribution is 1.97. The van der Waals surface area contributed by atoms with Crippen LogP contribution in [0.2, 0.25) is 0 Å². The first-order chi connectivity index (χ1) is 4.88. The van der Waals surface area contributed by atoms with Gasteiger partial charge in [0.15, 0.2) is 0 Å². The van der Waals surface area contributed by atoms with Crippen LogP contribution in [0.3, 0.4) is 0 Å². The molecule has 10 heavy (non-hydrogen) atoms. The fraction of sp³-hybridized carbons (Fsp3) is 0.286. The third-order valence-corrected chi connectivity index (χ3v) is 1.33. The van der Waals surface area contributed by atoms with E-state index >= 15 is 0 Å². The summed E-state index contributed by atoms with van der Waals surface area (Å²) in [7, 11) is 0. The standard InChI is InChI=1S/C7H11N3/c1-2-10-7(3-5-8)4-6-9-10/h2,4,6H,1,3,5,8H2. The topological polar surface area (TPSA) is 43.8 Å². The third-order valence-electron chi connectivity index (χ3n) is 1.33. The number of hydrogen-bond donors (Lipinski definition) is 1. The third kappa shape index (κ3) is 1.25. The van der Waals surface area contributed by atoms with Gasteiger partial charge in [0, 0.05) is 24.5 Å². The Balaban J connectivity index is 2.79. The van der Waals surface area contributed by atoms with Crippen molar-refractivity contribution in [3.63, 3.8) is 0 Å². The largest absolute Gasteiger partial charge is 0.330 e. The zero-order chi connectivity index (χ0) is 7.40. The number of aromatic nitrogens is 2. The van der Waals surface area contributed by atoms with Gasteiger partial charge in [-0.3, -0.25) is 0 Å². The van der Waals surface area contributed by atoms with Gasteiger partial charge < -0.3 is 5.73 Å². The van der Waals surface area contributed by atoms with E-state index in [1.54, 1.807) is 17.1 Å². The summed E-state index contributed by atoms with van der Waals surface area (Å²) in [5, 5.41) is 4.00. The normalized spacial score (nSPS) is 9.70. The van der Waals surface area contributed by atoms with Crippen LogP contribution in [0.5, 0.6) is 0 Å². The van der Waals surface area contributed by atoms with Crippen molar-refractivity contribution < 1.29 is 0 Å². The second-order valence-electron chi connectivity index (χ2n) is 1.99. The molecule has 0 unspecified atom stereocenters. The van der Waals surface area contributed by atoms with Crippen LogP contribution in [-0.4, -0.2) is 16.3 Å². The minimum absolute atomic E-state index is 0.652. The first-order valence-electron chi connectivity index (χ1n) is 3.23. The second kappa shape index (κ2) is 3.17. The number of hydrogen-bond acceptors (Lipinski definition) is 2. The maximum atomic E-state index is 5.37. The molecule has 2 N–H and O–H groups in total. The number of rotatable bonds is 3. The van der Waals surface area contributed by atoms with Crippen LogP contribution in [0.25, 0.3) is 6.20 Å². The molecule has 1 aromatic heterocycles. The van der Waals surface area contributed by atoms with Gasteiger partial charge in [-0.15, -0.1) is 0 Å². The van der Waals surface area contributed by atoms with Crippen LogP contribution in [0.1, 0.15) is 5.69 Å². The molecule has 0 aliphatic carbocycles. The molecule has 1 rings (SSSR count). The van der Waals surface area contributed by atoms with Crippen molar-refractivity contribution in [2.75, 3.05) is 6.54 Å². The van der Waals surface area contributed by atoms with Crippen molar-refractivity contribution >= 4 is 6.20 Å². The van der Waals surface area contributed by atoms with Crippen LogP contribution < -0.4 is 5.73 Å². The van der Waals surface area contributed by atoms with Gasteiger partial charge in [0.05, 0.1) is 0 Å². The van der Waals surface area contributed by atoms with E-state index in [1.807, 2.05) is 6.07 Å². The van der Waals surface area contributed by atoms with E-state index in [1.165, 1.54) is 0 Å². The highest BCUT2D eigenvalue weighted by Gasteiger charge is 1.95. The molecular weight excluding hydrogens is 126 g/mol. The van der Waals surface area contributed by atoms with E-state index in [2.05, 4.69) is 11.7 Å². The van der Waals surface area contributed by atoms with Gasteiger partial charge in [-0.2, -0.15) is 5.10 Å². The minimum atomic E-state index is 0.652. The van der Waals surface area contributed by atoms with Crippen LogP contribution in [-0.2, 0) is 6.42 Å². The molecule has 3 nitrogen and oxygen atoms in total. The maximum Gasteiger partial charge on any atom is 0.0496 e. The maximum absolute atomic E-state index is 5.37. The summed E-state index contributed by atoms with van der Waals surface area (Å²) in [6.07, 6.45) is 4.27. The van der Waals surface area contributed by atoms with Gasteiger partial charge >= 0.3 is 0 Å². The lowest BCUT2D eigenvalue weighted by atomic mass is 10.3. The van der Waals surface area contributed by atoms with E-state index in [-0.39, 0.29) is 0 Å². The highest BCUT2D eigenvalue weighted by molar-refractivity contribution is 5.19. The summed E-state index contributed by atoms with van der Waals surface area (Å²) < 4.78 is 1.73. The SMILES string of the molecule is C=Cn1nccc1CCN. The molecule has 1 aromatic rings. The van der Waals surface area contributed by atoms with Gasteiger partial charge in [-0.05, 0) is 12.6 Å². The van der Waals surface area contributed by atoms with E-state index in [4.69, 9.17) is 5.73 Å². The lowest BCUT2D eigenvalue weighted by Crippen LogP contribution is -2.06. The van der Waals surface area contributed by atoms with E-state index < -0.39 is 0 Å². The monoisotopic (exact) mass is 137 g/mol. The molecule has 0 aliphatic rings. The average Bonchev–Trinajstić information content (AvgIpc) is 2.36. The zero-order valence-corrected chi connectivity index (χ0v) is 5.83. The van der Waals surface area contributed by atoms with Crippen LogP contribution in [0.15, 0.2) is 18.8 Å². The van der Waals surface area contributed by atoms with E-state index in [0.29, 0.717) is 6.54 Å². The summed E-state index contributed by atoms with van der Waals surface area (Å²) in [6.45, 7) is 4.26. The fourth-order valence-electron chi connectivity index (χ4n) is 0.852. The minimum Gasteiger partial charge on any atom is -0.330 e. The first-order valence-corrected chi connectivity index (χ1v) is 3.23. The van der Waals surface area contributed by atoms with Gasteiger partial charge in [0.25, 0.3) is 0 Å². The van der Waals surface area contributed by atoms with Crippen molar-refractivity contribution in [1.29, 1.82) is 0 Å². The molecule has 0 fully saturated rings. The van der Waals surface area contributed by atoms with Crippen molar-refractivity contribution in [2.24, 2.45) is 5.73 Å². The van der Waals surface area contributed by atoms with Crippen LogP contribution >= 0.6 is 0 Å². The second-order valence-corrected chi connectivity index (χ2v) is 1.99. The number of nitrogens with zero attached hydrogens (tertiary/aromatic N) is 2. The fourth-order valence-corrected chi connectivity index (χ4v) is 0.852. The zero-order valence-electron chi connectivity index (χ0n) is 5.83. The van der Waals surface area contributed by atoms with Crippen molar-refractivity contribution in [2.45, 2.75) is 6.42 Å². The molecule has 0 radical (unpaired) electrons. The molecule has 0 spiro atoms. The lowest BCUT2D eigenvalue weighted by Gasteiger charge is -1.97. The molecule has 3 heteroatoms. The van der Waals surface area contributed by atoms with Crippen molar-refractivity contribution in [1.82, 2.24) is 9.78 Å². The molecule has 0 saturated carbocycles. The Bertz CT molecular complexity index is 214. The van der Waals surface area contributed by atoms with Gasteiger partial charge in [-0.25, -0.2) is 4.68 Å². The van der Waals surface area contributed by atoms with Gasteiger partial charge in [0.2, 0.25) is 0 Å². The quantitative estimate of drug-likeness (QED) is 0.658. The Kier molecular flexibility index (Phi) is 2.23. The predicted molar refractivity (Wildman–Crippen MR) is 41.4 cm³/mol. The molecule has 0 aromatic carbocycles. The van der Waals surface area contributed by atoms with Crippen LogP contribution in [0.4, 0.5) is 0 Å². The summed E-state index contributed by atoms with van der Waals surface area (Å²) in [6, 6.07) is 1.94. The predicted octanol–water partition coefficient (Wildman–Crippen LogP) is 0.485. The Morgan fingerprint density at radius 2 is 2.60 bits per heavy atom. The average molecular weight is 137 g/mol. The molecule has 1 heterocycles. The van der Waals surface area contributed by atoms with Crippen molar-refractivity contribution in [3.05, 3.63) is 24.5 Å². The Labute approximate surface area is 60.1 Å². The Morgan fingerprint density at radius 3 is 3.20 bits per heavy atom. The summed E-state index contributed by atoms with van der Waals surface area (Å²) in [5.41, 5.74) is 6.48. The summed E-state index contributed by atoms with van der Waals surface area (Å²) in [4.78, 5) is 0. The Morgan fingerprint density at radius 1 is 1.80 bits per heavy atom. The first kappa shape index (κ1) is 7.02. The van der Waals surface area contributed by atoms with Gasteiger partial charge in [0.1, 0.15) is 0 Å². The Hall–Kier alpha value is -1.09. The van der Waals surface area contributed by atoms with Crippen molar-refractivity contribution in [3.8, 4) is 0 Å². The smallest absolute Gasteiger partial charge is 0.0496 e. The van der Waals surface area contributed by atoms with E-state index in [9.17, 15) is 0 Å².